The number of rotatable bonds is 9. The van der Waals surface area contributed by atoms with Crippen molar-refractivity contribution in [2.75, 3.05) is 13.6 Å². The standard InChI is InChI=1S/C20H20F4N2O3/c1-26(12-13-4-7-15(8-5-13)29-20(23)24)18(27)3-2-10-25-19(28)16-9-6-14(21)11-17(16)22/h4-9,11,20H,2-3,10,12H2,1H3,(H,25,28). The molecule has 29 heavy (non-hydrogen) atoms. The maximum atomic E-state index is 13.5. The van der Waals surface area contributed by atoms with E-state index in [0.717, 1.165) is 17.7 Å². The minimum Gasteiger partial charge on any atom is -0.435 e. The Morgan fingerprint density at radius 1 is 1.10 bits per heavy atom. The fourth-order valence-corrected chi connectivity index (χ4v) is 2.54. The Bertz CT molecular complexity index is 844. The van der Waals surface area contributed by atoms with Crippen LogP contribution in [-0.2, 0) is 11.3 Å². The summed E-state index contributed by atoms with van der Waals surface area (Å²) >= 11 is 0. The van der Waals surface area contributed by atoms with E-state index in [4.69, 9.17) is 0 Å². The van der Waals surface area contributed by atoms with Gasteiger partial charge in [-0.2, -0.15) is 8.78 Å². The molecule has 2 aromatic rings. The van der Waals surface area contributed by atoms with Crippen molar-refractivity contribution >= 4 is 11.8 Å². The molecule has 9 heteroatoms. The number of hydrogen-bond acceptors (Lipinski definition) is 3. The molecule has 0 aromatic heterocycles. The van der Waals surface area contributed by atoms with Gasteiger partial charge in [0.15, 0.2) is 0 Å². The molecule has 0 bridgehead atoms. The molecular formula is C20H20F4N2O3. The molecule has 0 aliphatic rings. The molecule has 2 rings (SSSR count). The molecule has 0 unspecified atom stereocenters. The average molecular weight is 412 g/mol. The van der Waals surface area contributed by atoms with Crippen LogP contribution < -0.4 is 10.1 Å². The van der Waals surface area contributed by atoms with Crippen molar-refractivity contribution in [3.05, 3.63) is 65.2 Å². The van der Waals surface area contributed by atoms with Crippen molar-refractivity contribution < 1.29 is 31.9 Å². The first-order chi connectivity index (χ1) is 13.8. The third kappa shape index (κ3) is 7.10. The number of ether oxygens (including phenoxy) is 1. The van der Waals surface area contributed by atoms with E-state index < -0.39 is 24.2 Å². The molecule has 156 valence electrons. The van der Waals surface area contributed by atoms with E-state index in [-0.39, 0.29) is 36.7 Å². The Kier molecular flexibility index (Phi) is 7.99. The number of carbonyl (C=O) groups is 2. The second-order valence-corrected chi connectivity index (χ2v) is 6.26. The molecule has 0 fully saturated rings. The minimum atomic E-state index is -2.90. The number of hydrogen-bond donors (Lipinski definition) is 1. The van der Waals surface area contributed by atoms with Crippen LogP contribution in [0.1, 0.15) is 28.8 Å². The molecule has 2 aromatic carbocycles. The van der Waals surface area contributed by atoms with Gasteiger partial charge in [0.2, 0.25) is 5.91 Å². The Morgan fingerprint density at radius 2 is 1.79 bits per heavy atom. The predicted octanol–water partition coefficient (Wildman–Crippen LogP) is 3.73. The molecule has 2 amide bonds. The van der Waals surface area contributed by atoms with Crippen molar-refractivity contribution in [2.45, 2.75) is 26.0 Å². The van der Waals surface area contributed by atoms with Crippen molar-refractivity contribution in [2.24, 2.45) is 0 Å². The molecule has 0 heterocycles. The van der Waals surface area contributed by atoms with E-state index in [1.54, 1.807) is 19.2 Å². The first-order valence-corrected chi connectivity index (χ1v) is 8.77. The summed E-state index contributed by atoms with van der Waals surface area (Å²) in [5.41, 5.74) is 0.469. The number of alkyl halides is 2. The minimum absolute atomic E-state index is 0.0334. The highest BCUT2D eigenvalue weighted by Crippen LogP contribution is 2.16. The third-order valence-corrected chi connectivity index (χ3v) is 4.02. The SMILES string of the molecule is CN(Cc1ccc(OC(F)F)cc1)C(=O)CCCNC(=O)c1ccc(F)cc1F. The second kappa shape index (κ2) is 10.4. The molecule has 0 spiro atoms. The topological polar surface area (TPSA) is 58.6 Å². The van der Waals surface area contributed by atoms with Crippen molar-refractivity contribution in [1.82, 2.24) is 10.2 Å². The van der Waals surface area contributed by atoms with E-state index in [1.165, 1.54) is 17.0 Å². The molecule has 0 saturated heterocycles. The van der Waals surface area contributed by atoms with Gasteiger partial charge in [-0.05, 0) is 36.2 Å². The van der Waals surface area contributed by atoms with Gasteiger partial charge in [-0.25, -0.2) is 8.78 Å². The highest BCUT2D eigenvalue weighted by molar-refractivity contribution is 5.94. The first-order valence-electron chi connectivity index (χ1n) is 8.77. The zero-order valence-corrected chi connectivity index (χ0v) is 15.6. The van der Waals surface area contributed by atoms with E-state index >= 15 is 0 Å². The fraction of sp³-hybridized carbons (Fsp3) is 0.300. The molecule has 0 atom stereocenters. The van der Waals surface area contributed by atoms with E-state index in [0.29, 0.717) is 12.5 Å². The highest BCUT2D eigenvalue weighted by Gasteiger charge is 2.13. The Morgan fingerprint density at radius 3 is 2.41 bits per heavy atom. The van der Waals surface area contributed by atoms with Gasteiger partial charge >= 0.3 is 6.61 Å². The lowest BCUT2D eigenvalue weighted by Gasteiger charge is -2.17. The van der Waals surface area contributed by atoms with Crippen LogP contribution in [0.2, 0.25) is 0 Å². The van der Waals surface area contributed by atoms with Crippen LogP contribution in [0.25, 0.3) is 0 Å². The van der Waals surface area contributed by atoms with Gasteiger partial charge in [0.25, 0.3) is 5.91 Å². The van der Waals surface area contributed by atoms with E-state index in [1.807, 2.05) is 0 Å². The lowest BCUT2D eigenvalue weighted by atomic mass is 10.2. The van der Waals surface area contributed by atoms with Crippen molar-refractivity contribution in [3.8, 4) is 5.75 Å². The highest BCUT2D eigenvalue weighted by atomic mass is 19.3. The van der Waals surface area contributed by atoms with Gasteiger partial charge in [-0.15, -0.1) is 0 Å². The lowest BCUT2D eigenvalue weighted by molar-refractivity contribution is -0.130. The zero-order valence-electron chi connectivity index (χ0n) is 15.6. The van der Waals surface area contributed by atoms with Gasteiger partial charge in [-0.1, -0.05) is 12.1 Å². The Hall–Kier alpha value is -3.10. The molecular weight excluding hydrogens is 392 g/mol. The van der Waals surface area contributed by atoms with Gasteiger partial charge in [0.05, 0.1) is 5.56 Å². The van der Waals surface area contributed by atoms with E-state index in [9.17, 15) is 27.2 Å². The van der Waals surface area contributed by atoms with Crippen LogP contribution in [0.3, 0.4) is 0 Å². The number of carbonyl (C=O) groups excluding carboxylic acids is 2. The van der Waals surface area contributed by atoms with Gasteiger partial charge in [0.1, 0.15) is 17.4 Å². The lowest BCUT2D eigenvalue weighted by Crippen LogP contribution is -2.29. The van der Waals surface area contributed by atoms with E-state index in [2.05, 4.69) is 10.1 Å². The molecule has 0 aliphatic heterocycles. The summed E-state index contributed by atoms with van der Waals surface area (Å²) in [5, 5.41) is 2.48. The van der Waals surface area contributed by atoms with Crippen LogP contribution in [-0.4, -0.2) is 36.9 Å². The average Bonchev–Trinajstić information content (AvgIpc) is 2.66. The maximum Gasteiger partial charge on any atom is 0.387 e. The van der Waals surface area contributed by atoms with Gasteiger partial charge in [0, 0.05) is 32.6 Å². The summed E-state index contributed by atoms with van der Waals surface area (Å²) in [4.78, 5) is 25.5. The Balaban J connectivity index is 1.73. The summed E-state index contributed by atoms with van der Waals surface area (Å²) in [7, 11) is 1.60. The second-order valence-electron chi connectivity index (χ2n) is 6.26. The van der Waals surface area contributed by atoms with Crippen LogP contribution in [0.5, 0.6) is 5.75 Å². The van der Waals surface area contributed by atoms with Crippen molar-refractivity contribution in [1.29, 1.82) is 0 Å². The maximum absolute atomic E-state index is 13.5. The Labute approximate surface area is 165 Å². The smallest absolute Gasteiger partial charge is 0.387 e. The summed E-state index contributed by atoms with van der Waals surface area (Å²) in [6, 6.07) is 8.62. The number of nitrogens with zero attached hydrogens (tertiary/aromatic N) is 1. The summed E-state index contributed by atoms with van der Waals surface area (Å²) < 4.78 is 54.9. The molecule has 0 aliphatic carbocycles. The predicted molar refractivity (Wildman–Crippen MR) is 97.5 cm³/mol. The normalized spacial score (nSPS) is 10.7. The molecule has 0 saturated carbocycles. The van der Waals surface area contributed by atoms with Gasteiger partial charge in [-0.3, -0.25) is 9.59 Å². The number of benzene rings is 2. The molecule has 0 radical (unpaired) electrons. The summed E-state index contributed by atoms with van der Waals surface area (Å²) in [6.07, 6.45) is 0.480. The first kappa shape index (κ1) is 22.2. The van der Waals surface area contributed by atoms with Crippen LogP contribution in [0, 0.1) is 11.6 Å². The number of halogens is 4. The quantitative estimate of drug-likeness (QED) is 0.504. The van der Waals surface area contributed by atoms with Gasteiger partial charge < -0.3 is 15.0 Å². The monoisotopic (exact) mass is 412 g/mol. The number of nitrogens with one attached hydrogen (secondary N) is 1. The molecule has 5 nitrogen and oxygen atoms in total. The summed E-state index contributed by atoms with van der Waals surface area (Å²) in [6.45, 7) is -2.47. The van der Waals surface area contributed by atoms with Crippen LogP contribution in [0.15, 0.2) is 42.5 Å². The van der Waals surface area contributed by atoms with Crippen LogP contribution >= 0.6 is 0 Å². The third-order valence-electron chi connectivity index (χ3n) is 4.02. The molecule has 1 N–H and O–H groups in total. The largest absolute Gasteiger partial charge is 0.435 e. The zero-order chi connectivity index (χ0) is 21.4. The summed E-state index contributed by atoms with van der Waals surface area (Å²) in [5.74, 6) is -2.56. The fourth-order valence-electron chi connectivity index (χ4n) is 2.54. The number of amides is 2. The van der Waals surface area contributed by atoms with Crippen molar-refractivity contribution in [3.63, 3.8) is 0 Å². The van der Waals surface area contributed by atoms with Crippen LogP contribution in [0.4, 0.5) is 17.6 Å².